The molecule has 6 heteroatoms. The number of hydrogen-bond acceptors (Lipinski definition) is 5. The molecule has 0 fully saturated rings. The highest BCUT2D eigenvalue weighted by Crippen LogP contribution is 2.15. The fraction of sp³-hybridized carbons (Fsp3) is 0.125. The zero-order valence-electron chi connectivity index (χ0n) is 16.6. The first-order valence-electron chi connectivity index (χ1n) is 9.53. The molecule has 0 aliphatic carbocycles. The first kappa shape index (κ1) is 20.8. The van der Waals surface area contributed by atoms with Crippen LogP contribution in [-0.2, 0) is 16.1 Å². The smallest absolute Gasteiger partial charge is 0.338 e. The van der Waals surface area contributed by atoms with Gasteiger partial charge in [0.2, 0.25) is 5.91 Å². The van der Waals surface area contributed by atoms with E-state index in [9.17, 15) is 9.59 Å². The SMILES string of the molecule is CCOC(=O)c1ccnc(NC(=O)/C=C/c2ccc(OCc3ccccc3)cc2)c1. The van der Waals surface area contributed by atoms with Crippen molar-refractivity contribution in [3.05, 3.63) is 95.7 Å². The Morgan fingerprint density at radius 3 is 2.53 bits per heavy atom. The zero-order chi connectivity index (χ0) is 21.2. The first-order valence-corrected chi connectivity index (χ1v) is 9.53. The van der Waals surface area contributed by atoms with E-state index in [-0.39, 0.29) is 18.3 Å². The van der Waals surface area contributed by atoms with Gasteiger partial charge in [-0.3, -0.25) is 4.79 Å². The summed E-state index contributed by atoms with van der Waals surface area (Å²) in [4.78, 5) is 27.9. The molecular weight excluding hydrogens is 380 g/mol. The van der Waals surface area contributed by atoms with Gasteiger partial charge in [-0.2, -0.15) is 0 Å². The summed E-state index contributed by atoms with van der Waals surface area (Å²) >= 11 is 0. The molecule has 6 nitrogen and oxygen atoms in total. The molecule has 152 valence electrons. The van der Waals surface area contributed by atoms with E-state index in [0.29, 0.717) is 12.2 Å². The van der Waals surface area contributed by atoms with E-state index in [4.69, 9.17) is 9.47 Å². The maximum Gasteiger partial charge on any atom is 0.338 e. The third kappa shape index (κ3) is 6.31. The predicted molar refractivity (Wildman–Crippen MR) is 115 cm³/mol. The molecule has 0 unspecified atom stereocenters. The lowest BCUT2D eigenvalue weighted by molar-refractivity contribution is -0.111. The van der Waals surface area contributed by atoms with Crippen LogP contribution in [0.1, 0.15) is 28.4 Å². The van der Waals surface area contributed by atoms with Crippen molar-refractivity contribution in [3.63, 3.8) is 0 Å². The summed E-state index contributed by atoms with van der Waals surface area (Å²) in [5.41, 5.74) is 2.28. The maximum atomic E-state index is 12.1. The molecule has 3 rings (SSSR count). The molecule has 0 saturated carbocycles. The molecule has 30 heavy (non-hydrogen) atoms. The number of nitrogens with one attached hydrogen (secondary N) is 1. The van der Waals surface area contributed by atoms with E-state index in [2.05, 4.69) is 10.3 Å². The molecule has 0 aliphatic heterocycles. The number of carbonyl (C=O) groups excluding carboxylic acids is 2. The molecule has 0 atom stereocenters. The summed E-state index contributed by atoms with van der Waals surface area (Å²) in [5.74, 6) is 0.216. The second-order valence-corrected chi connectivity index (χ2v) is 6.32. The van der Waals surface area contributed by atoms with Crippen LogP contribution in [0.15, 0.2) is 79.0 Å². The van der Waals surface area contributed by atoms with Crippen LogP contribution in [0.2, 0.25) is 0 Å². The molecule has 1 amide bonds. The summed E-state index contributed by atoms with van der Waals surface area (Å²) in [6.45, 7) is 2.51. The van der Waals surface area contributed by atoms with Crippen molar-refractivity contribution in [1.82, 2.24) is 4.98 Å². The Kier molecular flexibility index (Phi) is 7.33. The number of carbonyl (C=O) groups is 2. The number of hydrogen-bond donors (Lipinski definition) is 1. The Balaban J connectivity index is 1.53. The van der Waals surface area contributed by atoms with Crippen LogP contribution in [0.5, 0.6) is 5.75 Å². The van der Waals surface area contributed by atoms with Gasteiger partial charge in [-0.15, -0.1) is 0 Å². The number of amides is 1. The van der Waals surface area contributed by atoms with E-state index in [1.54, 1.807) is 13.0 Å². The minimum Gasteiger partial charge on any atom is -0.489 e. The van der Waals surface area contributed by atoms with Crippen LogP contribution < -0.4 is 10.1 Å². The Bertz CT molecular complexity index is 1010. The van der Waals surface area contributed by atoms with Crippen molar-refractivity contribution < 1.29 is 19.1 Å². The second-order valence-electron chi connectivity index (χ2n) is 6.32. The molecule has 0 radical (unpaired) electrons. The van der Waals surface area contributed by atoms with Crippen LogP contribution in [-0.4, -0.2) is 23.5 Å². The lowest BCUT2D eigenvalue weighted by atomic mass is 10.2. The van der Waals surface area contributed by atoms with Crippen molar-refractivity contribution in [2.75, 3.05) is 11.9 Å². The lowest BCUT2D eigenvalue weighted by Gasteiger charge is -2.06. The largest absolute Gasteiger partial charge is 0.489 e. The molecule has 1 aromatic heterocycles. The lowest BCUT2D eigenvalue weighted by Crippen LogP contribution is -2.11. The Morgan fingerprint density at radius 1 is 1.03 bits per heavy atom. The average Bonchev–Trinajstić information content (AvgIpc) is 2.78. The fourth-order valence-electron chi connectivity index (χ4n) is 2.60. The molecule has 3 aromatic rings. The van der Waals surface area contributed by atoms with E-state index < -0.39 is 5.97 Å². The molecule has 0 spiro atoms. The molecule has 2 aromatic carbocycles. The van der Waals surface area contributed by atoms with Crippen molar-refractivity contribution in [3.8, 4) is 5.75 Å². The van der Waals surface area contributed by atoms with Crippen molar-refractivity contribution in [1.29, 1.82) is 0 Å². The molecule has 0 bridgehead atoms. The zero-order valence-corrected chi connectivity index (χ0v) is 16.6. The summed E-state index contributed by atoms with van der Waals surface area (Å²) in [6, 6.07) is 20.4. The van der Waals surface area contributed by atoms with E-state index >= 15 is 0 Å². The van der Waals surface area contributed by atoms with Crippen LogP contribution in [0.4, 0.5) is 5.82 Å². The third-order valence-electron chi connectivity index (χ3n) is 4.08. The monoisotopic (exact) mass is 402 g/mol. The highest BCUT2D eigenvalue weighted by molar-refractivity contribution is 6.02. The van der Waals surface area contributed by atoms with Gasteiger partial charge in [0.05, 0.1) is 12.2 Å². The van der Waals surface area contributed by atoms with Crippen molar-refractivity contribution in [2.45, 2.75) is 13.5 Å². The van der Waals surface area contributed by atoms with Gasteiger partial charge in [0.25, 0.3) is 0 Å². The summed E-state index contributed by atoms with van der Waals surface area (Å²) < 4.78 is 10.7. The van der Waals surface area contributed by atoms with Gasteiger partial charge in [-0.05, 0) is 48.4 Å². The molecule has 1 N–H and O–H groups in total. The third-order valence-corrected chi connectivity index (χ3v) is 4.08. The number of anilines is 1. The van der Waals surface area contributed by atoms with Gasteiger partial charge in [0, 0.05) is 12.3 Å². The molecular formula is C24H22N2O4. The Labute approximate surface area is 175 Å². The van der Waals surface area contributed by atoms with E-state index in [1.807, 2.05) is 54.6 Å². The topological polar surface area (TPSA) is 77.5 Å². The molecule has 1 heterocycles. The fourth-order valence-corrected chi connectivity index (χ4v) is 2.60. The van der Waals surface area contributed by atoms with Gasteiger partial charge in [-0.25, -0.2) is 9.78 Å². The summed E-state index contributed by atoms with van der Waals surface area (Å²) in [5, 5.41) is 2.63. The number of benzene rings is 2. The Morgan fingerprint density at radius 2 is 1.80 bits per heavy atom. The molecule has 0 aliphatic rings. The average molecular weight is 402 g/mol. The van der Waals surface area contributed by atoms with E-state index in [0.717, 1.165) is 16.9 Å². The number of rotatable bonds is 8. The van der Waals surface area contributed by atoms with Gasteiger partial charge < -0.3 is 14.8 Å². The predicted octanol–water partition coefficient (Wildman–Crippen LogP) is 4.49. The standard InChI is InChI=1S/C24H22N2O4/c1-2-29-24(28)20-14-15-25-22(16-20)26-23(27)13-10-18-8-11-21(12-9-18)30-17-19-6-4-3-5-7-19/h3-16H,2,17H2,1H3,(H,25,26,27)/b13-10+. The van der Waals surface area contributed by atoms with Gasteiger partial charge in [-0.1, -0.05) is 42.5 Å². The Hall–Kier alpha value is -3.93. The highest BCUT2D eigenvalue weighted by atomic mass is 16.5. The van der Waals surface area contributed by atoms with Crippen LogP contribution in [0.3, 0.4) is 0 Å². The number of aromatic nitrogens is 1. The van der Waals surface area contributed by atoms with E-state index in [1.165, 1.54) is 24.4 Å². The number of pyridine rings is 1. The van der Waals surface area contributed by atoms with Gasteiger partial charge in [0.15, 0.2) is 0 Å². The summed E-state index contributed by atoms with van der Waals surface area (Å²) in [6.07, 6.45) is 4.53. The van der Waals surface area contributed by atoms with Crippen molar-refractivity contribution in [2.24, 2.45) is 0 Å². The minimum atomic E-state index is -0.458. The van der Waals surface area contributed by atoms with Gasteiger partial charge >= 0.3 is 5.97 Å². The minimum absolute atomic E-state index is 0.278. The van der Waals surface area contributed by atoms with Crippen molar-refractivity contribution >= 4 is 23.8 Å². The summed E-state index contributed by atoms with van der Waals surface area (Å²) in [7, 11) is 0. The number of esters is 1. The maximum absolute atomic E-state index is 12.1. The van der Waals surface area contributed by atoms with Crippen LogP contribution in [0, 0.1) is 0 Å². The molecule has 0 saturated heterocycles. The number of ether oxygens (including phenoxy) is 2. The first-order chi connectivity index (χ1) is 14.6. The second kappa shape index (κ2) is 10.6. The highest BCUT2D eigenvalue weighted by Gasteiger charge is 2.08. The van der Waals surface area contributed by atoms with Crippen LogP contribution >= 0.6 is 0 Å². The normalized spacial score (nSPS) is 10.6. The van der Waals surface area contributed by atoms with Crippen LogP contribution in [0.25, 0.3) is 6.08 Å². The quantitative estimate of drug-likeness (QED) is 0.444. The van der Waals surface area contributed by atoms with Gasteiger partial charge in [0.1, 0.15) is 18.2 Å². The number of nitrogens with zero attached hydrogens (tertiary/aromatic N) is 1.